The second-order valence-electron chi connectivity index (χ2n) is 5.07. The topological polar surface area (TPSA) is 12.0 Å². The van der Waals surface area contributed by atoms with Crippen molar-refractivity contribution in [2.45, 2.75) is 26.8 Å². The lowest BCUT2D eigenvalue weighted by molar-refractivity contribution is 0.505. The molecule has 21 heavy (non-hydrogen) atoms. The third-order valence-corrected chi connectivity index (χ3v) is 3.89. The number of rotatable bonds is 4. The SMILES string of the molecule is CCNC(C)c1ccc(-c2ccc(C)c(F)c2F)cc1Cl. The summed E-state index contributed by atoms with van der Waals surface area (Å²) in [5, 5.41) is 3.81. The maximum Gasteiger partial charge on any atom is 0.166 e. The minimum Gasteiger partial charge on any atom is -0.310 e. The van der Waals surface area contributed by atoms with Gasteiger partial charge in [0.1, 0.15) is 0 Å². The van der Waals surface area contributed by atoms with E-state index in [1.807, 2.05) is 19.9 Å². The van der Waals surface area contributed by atoms with Crippen molar-refractivity contribution < 1.29 is 8.78 Å². The second kappa shape index (κ2) is 6.54. The van der Waals surface area contributed by atoms with Crippen molar-refractivity contribution in [1.82, 2.24) is 5.32 Å². The first kappa shape index (κ1) is 15.9. The molecule has 0 heterocycles. The van der Waals surface area contributed by atoms with E-state index in [1.54, 1.807) is 24.3 Å². The lowest BCUT2D eigenvalue weighted by atomic mass is 9.99. The fourth-order valence-corrected chi connectivity index (χ4v) is 2.68. The van der Waals surface area contributed by atoms with Gasteiger partial charge in [-0.15, -0.1) is 0 Å². The third kappa shape index (κ3) is 3.25. The van der Waals surface area contributed by atoms with Crippen LogP contribution in [0.25, 0.3) is 11.1 Å². The molecule has 112 valence electrons. The average molecular weight is 310 g/mol. The van der Waals surface area contributed by atoms with Crippen molar-refractivity contribution >= 4 is 11.6 Å². The van der Waals surface area contributed by atoms with Gasteiger partial charge in [0.2, 0.25) is 0 Å². The van der Waals surface area contributed by atoms with Crippen LogP contribution >= 0.6 is 11.6 Å². The highest BCUT2D eigenvalue weighted by Gasteiger charge is 2.15. The molecule has 0 aliphatic carbocycles. The highest BCUT2D eigenvalue weighted by atomic mass is 35.5. The zero-order chi connectivity index (χ0) is 15.6. The standard InChI is InChI=1S/C17H18ClF2N/c1-4-21-11(3)13-8-6-12(9-15(13)18)14-7-5-10(2)16(19)17(14)20/h5-9,11,21H,4H2,1-3H3. The number of hydrogen-bond acceptors (Lipinski definition) is 1. The molecule has 1 nitrogen and oxygen atoms in total. The van der Waals surface area contributed by atoms with E-state index < -0.39 is 11.6 Å². The van der Waals surface area contributed by atoms with E-state index in [0.29, 0.717) is 16.1 Å². The minimum atomic E-state index is -0.835. The van der Waals surface area contributed by atoms with Gasteiger partial charge in [0.15, 0.2) is 11.6 Å². The molecule has 0 spiro atoms. The molecule has 2 rings (SSSR count). The molecule has 2 aromatic rings. The maximum absolute atomic E-state index is 14.0. The molecular weight excluding hydrogens is 292 g/mol. The van der Waals surface area contributed by atoms with Crippen LogP contribution < -0.4 is 5.32 Å². The summed E-state index contributed by atoms with van der Waals surface area (Å²) in [5.41, 5.74) is 2.03. The summed E-state index contributed by atoms with van der Waals surface area (Å²) < 4.78 is 27.7. The van der Waals surface area contributed by atoms with Gasteiger partial charge in [0.25, 0.3) is 0 Å². The largest absolute Gasteiger partial charge is 0.310 e. The monoisotopic (exact) mass is 309 g/mol. The number of halogens is 3. The fraction of sp³-hybridized carbons (Fsp3) is 0.294. The van der Waals surface area contributed by atoms with E-state index in [4.69, 9.17) is 11.6 Å². The maximum atomic E-state index is 14.0. The van der Waals surface area contributed by atoms with Gasteiger partial charge in [-0.1, -0.05) is 42.8 Å². The smallest absolute Gasteiger partial charge is 0.166 e. The Morgan fingerprint density at radius 1 is 1.14 bits per heavy atom. The Bertz CT molecular complexity index is 655. The Hall–Kier alpha value is -1.45. The van der Waals surface area contributed by atoms with Crippen LogP contribution in [0, 0.1) is 18.6 Å². The van der Waals surface area contributed by atoms with Crippen LogP contribution in [0.4, 0.5) is 8.78 Å². The molecule has 0 aliphatic heterocycles. The van der Waals surface area contributed by atoms with Crippen LogP contribution in [0.5, 0.6) is 0 Å². The number of hydrogen-bond donors (Lipinski definition) is 1. The van der Waals surface area contributed by atoms with E-state index >= 15 is 0 Å². The van der Waals surface area contributed by atoms with Gasteiger partial charge >= 0.3 is 0 Å². The lowest BCUT2D eigenvalue weighted by Crippen LogP contribution is -2.17. The predicted molar refractivity (Wildman–Crippen MR) is 83.6 cm³/mol. The van der Waals surface area contributed by atoms with Crippen LogP contribution in [0.2, 0.25) is 5.02 Å². The number of nitrogens with one attached hydrogen (secondary N) is 1. The van der Waals surface area contributed by atoms with Gasteiger partial charge in [-0.3, -0.25) is 0 Å². The van der Waals surface area contributed by atoms with Gasteiger partial charge in [0, 0.05) is 16.6 Å². The predicted octanol–water partition coefficient (Wildman–Crippen LogP) is 5.26. The summed E-state index contributed by atoms with van der Waals surface area (Å²) >= 11 is 6.28. The van der Waals surface area contributed by atoms with Crippen LogP contribution in [0.15, 0.2) is 30.3 Å². The van der Waals surface area contributed by atoms with E-state index in [1.165, 1.54) is 6.92 Å². The second-order valence-corrected chi connectivity index (χ2v) is 5.48. The number of benzene rings is 2. The molecule has 0 saturated carbocycles. The summed E-state index contributed by atoms with van der Waals surface area (Å²) in [7, 11) is 0. The van der Waals surface area contributed by atoms with Crippen molar-refractivity contribution in [3.05, 3.63) is 58.1 Å². The third-order valence-electron chi connectivity index (χ3n) is 3.56. The molecule has 0 radical (unpaired) electrons. The van der Waals surface area contributed by atoms with Gasteiger partial charge in [-0.05, 0) is 43.1 Å². The van der Waals surface area contributed by atoms with Crippen LogP contribution in [0.1, 0.15) is 31.0 Å². The zero-order valence-electron chi connectivity index (χ0n) is 12.3. The Morgan fingerprint density at radius 3 is 2.48 bits per heavy atom. The van der Waals surface area contributed by atoms with Gasteiger partial charge in [-0.25, -0.2) is 8.78 Å². The van der Waals surface area contributed by atoms with Gasteiger partial charge in [-0.2, -0.15) is 0 Å². The van der Waals surface area contributed by atoms with E-state index in [0.717, 1.165) is 12.1 Å². The van der Waals surface area contributed by atoms with Crippen molar-refractivity contribution in [3.63, 3.8) is 0 Å². The van der Waals surface area contributed by atoms with Gasteiger partial charge < -0.3 is 5.32 Å². The molecule has 1 N–H and O–H groups in total. The molecule has 0 bridgehead atoms. The normalized spacial score (nSPS) is 12.5. The average Bonchev–Trinajstić information content (AvgIpc) is 2.45. The van der Waals surface area contributed by atoms with Crippen molar-refractivity contribution in [2.75, 3.05) is 6.54 Å². The molecule has 0 amide bonds. The van der Waals surface area contributed by atoms with Crippen LogP contribution in [-0.2, 0) is 0 Å². The molecule has 0 aliphatic rings. The number of aryl methyl sites for hydroxylation is 1. The molecular formula is C17H18ClF2N. The molecule has 1 atom stereocenters. The minimum absolute atomic E-state index is 0.108. The molecule has 0 saturated heterocycles. The quantitative estimate of drug-likeness (QED) is 0.812. The van der Waals surface area contributed by atoms with E-state index in [9.17, 15) is 8.78 Å². The Labute approximate surface area is 128 Å². The zero-order valence-corrected chi connectivity index (χ0v) is 13.1. The Balaban J connectivity index is 2.43. The fourth-order valence-electron chi connectivity index (χ4n) is 2.33. The first-order valence-corrected chi connectivity index (χ1v) is 7.31. The first-order chi connectivity index (χ1) is 9.95. The lowest BCUT2D eigenvalue weighted by Gasteiger charge is -2.15. The summed E-state index contributed by atoms with van der Waals surface area (Å²) in [6, 6.07) is 8.54. The van der Waals surface area contributed by atoms with E-state index in [-0.39, 0.29) is 11.6 Å². The highest BCUT2D eigenvalue weighted by molar-refractivity contribution is 6.31. The molecule has 2 aromatic carbocycles. The molecule has 0 fully saturated rings. The first-order valence-electron chi connectivity index (χ1n) is 6.93. The highest BCUT2D eigenvalue weighted by Crippen LogP contribution is 2.31. The van der Waals surface area contributed by atoms with Crippen molar-refractivity contribution in [2.24, 2.45) is 0 Å². The van der Waals surface area contributed by atoms with Crippen molar-refractivity contribution in [3.8, 4) is 11.1 Å². The summed E-state index contributed by atoms with van der Waals surface area (Å²) in [4.78, 5) is 0. The van der Waals surface area contributed by atoms with Crippen LogP contribution in [-0.4, -0.2) is 6.54 Å². The summed E-state index contributed by atoms with van der Waals surface area (Å²) in [6.07, 6.45) is 0. The summed E-state index contributed by atoms with van der Waals surface area (Å²) in [5.74, 6) is -1.65. The summed E-state index contributed by atoms with van der Waals surface area (Å²) in [6.45, 7) is 6.40. The Morgan fingerprint density at radius 2 is 1.86 bits per heavy atom. The molecule has 0 aromatic heterocycles. The van der Waals surface area contributed by atoms with E-state index in [2.05, 4.69) is 5.32 Å². The van der Waals surface area contributed by atoms with Crippen LogP contribution in [0.3, 0.4) is 0 Å². The van der Waals surface area contributed by atoms with Gasteiger partial charge in [0.05, 0.1) is 0 Å². The molecule has 1 unspecified atom stereocenters. The molecule has 4 heteroatoms. The Kier molecular flexibility index (Phi) is 4.96. The van der Waals surface area contributed by atoms with Crippen molar-refractivity contribution in [1.29, 1.82) is 0 Å².